The fourth-order valence-corrected chi connectivity index (χ4v) is 2.75. The SMILES string of the molecule is CCOc1cccc(C(O)c2cc(Cl)cc(Br)c2)c1. The van der Waals surface area contributed by atoms with Gasteiger partial charge in [-0.2, -0.15) is 0 Å². The highest BCUT2D eigenvalue weighted by Gasteiger charge is 2.12. The number of rotatable bonds is 4. The molecule has 0 saturated carbocycles. The molecule has 1 unspecified atom stereocenters. The van der Waals surface area contributed by atoms with Crippen LogP contribution in [0.25, 0.3) is 0 Å². The van der Waals surface area contributed by atoms with Crippen LogP contribution >= 0.6 is 27.5 Å². The Morgan fingerprint density at radius 2 is 2.00 bits per heavy atom. The molecule has 2 aromatic carbocycles. The average Bonchev–Trinajstić information content (AvgIpc) is 2.37. The topological polar surface area (TPSA) is 29.5 Å². The maximum atomic E-state index is 10.4. The van der Waals surface area contributed by atoms with E-state index in [0.717, 1.165) is 21.3 Å². The van der Waals surface area contributed by atoms with E-state index in [9.17, 15) is 5.11 Å². The van der Waals surface area contributed by atoms with Gasteiger partial charge in [0.05, 0.1) is 6.61 Å². The van der Waals surface area contributed by atoms with Crippen molar-refractivity contribution >= 4 is 27.5 Å². The van der Waals surface area contributed by atoms with Crippen molar-refractivity contribution in [1.82, 2.24) is 0 Å². The van der Waals surface area contributed by atoms with Crippen molar-refractivity contribution < 1.29 is 9.84 Å². The zero-order chi connectivity index (χ0) is 13.8. The molecule has 1 N–H and O–H groups in total. The predicted octanol–water partition coefficient (Wildman–Crippen LogP) is 4.58. The third-order valence-corrected chi connectivity index (χ3v) is 3.36. The molecule has 0 saturated heterocycles. The van der Waals surface area contributed by atoms with Gasteiger partial charge in [0.25, 0.3) is 0 Å². The van der Waals surface area contributed by atoms with Crippen molar-refractivity contribution in [2.24, 2.45) is 0 Å². The Labute approximate surface area is 126 Å². The number of hydrogen-bond donors (Lipinski definition) is 1. The highest BCUT2D eigenvalue weighted by molar-refractivity contribution is 9.10. The van der Waals surface area contributed by atoms with E-state index in [1.54, 1.807) is 12.1 Å². The largest absolute Gasteiger partial charge is 0.494 e. The molecule has 2 nitrogen and oxygen atoms in total. The normalized spacial score (nSPS) is 12.2. The maximum absolute atomic E-state index is 10.4. The van der Waals surface area contributed by atoms with Crippen molar-refractivity contribution in [3.63, 3.8) is 0 Å². The lowest BCUT2D eigenvalue weighted by Gasteiger charge is -2.14. The first-order valence-electron chi connectivity index (χ1n) is 5.97. The monoisotopic (exact) mass is 340 g/mol. The molecular weight excluding hydrogens is 328 g/mol. The molecule has 1 atom stereocenters. The summed E-state index contributed by atoms with van der Waals surface area (Å²) in [6, 6.07) is 12.8. The van der Waals surface area contributed by atoms with Gasteiger partial charge < -0.3 is 9.84 Å². The van der Waals surface area contributed by atoms with Gasteiger partial charge in [0.2, 0.25) is 0 Å². The highest BCUT2D eigenvalue weighted by Crippen LogP contribution is 2.29. The average molecular weight is 342 g/mol. The quantitative estimate of drug-likeness (QED) is 0.882. The van der Waals surface area contributed by atoms with Crippen molar-refractivity contribution in [2.45, 2.75) is 13.0 Å². The Balaban J connectivity index is 2.32. The third kappa shape index (κ3) is 3.72. The van der Waals surface area contributed by atoms with Crippen LogP contribution in [0, 0.1) is 0 Å². The van der Waals surface area contributed by atoms with Crippen LogP contribution < -0.4 is 4.74 Å². The van der Waals surface area contributed by atoms with Crippen LogP contribution in [0.4, 0.5) is 0 Å². The number of benzene rings is 2. The van der Waals surface area contributed by atoms with E-state index in [2.05, 4.69) is 15.9 Å². The fourth-order valence-electron chi connectivity index (χ4n) is 1.87. The molecule has 0 aliphatic heterocycles. The molecule has 19 heavy (non-hydrogen) atoms. The molecule has 0 aliphatic carbocycles. The first kappa shape index (κ1) is 14.4. The second-order valence-electron chi connectivity index (χ2n) is 4.11. The third-order valence-electron chi connectivity index (χ3n) is 2.69. The van der Waals surface area contributed by atoms with Gasteiger partial charge in [-0.25, -0.2) is 0 Å². The molecule has 0 aliphatic rings. The Hall–Kier alpha value is -1.03. The van der Waals surface area contributed by atoms with Gasteiger partial charge in [-0.3, -0.25) is 0 Å². The summed E-state index contributed by atoms with van der Waals surface area (Å²) in [5, 5.41) is 11.0. The van der Waals surface area contributed by atoms with Crippen molar-refractivity contribution in [2.75, 3.05) is 6.61 Å². The van der Waals surface area contributed by atoms with Crippen LogP contribution in [0.3, 0.4) is 0 Å². The highest BCUT2D eigenvalue weighted by atomic mass is 79.9. The summed E-state index contributed by atoms with van der Waals surface area (Å²) in [4.78, 5) is 0. The molecule has 0 amide bonds. The summed E-state index contributed by atoms with van der Waals surface area (Å²) in [5.74, 6) is 0.750. The summed E-state index contributed by atoms with van der Waals surface area (Å²) < 4.78 is 6.28. The minimum atomic E-state index is -0.726. The van der Waals surface area contributed by atoms with Crippen molar-refractivity contribution in [3.8, 4) is 5.75 Å². The lowest BCUT2D eigenvalue weighted by atomic mass is 10.0. The van der Waals surface area contributed by atoms with Gasteiger partial charge in [0.1, 0.15) is 11.9 Å². The molecule has 4 heteroatoms. The Bertz CT molecular complexity index is 552. The summed E-state index contributed by atoms with van der Waals surface area (Å²) in [7, 11) is 0. The molecule has 0 heterocycles. The summed E-state index contributed by atoms with van der Waals surface area (Å²) in [6.45, 7) is 2.53. The van der Waals surface area contributed by atoms with Crippen LogP contribution in [0.5, 0.6) is 5.75 Å². The first-order valence-corrected chi connectivity index (χ1v) is 7.14. The lowest BCUT2D eigenvalue weighted by Crippen LogP contribution is -2.01. The van der Waals surface area contributed by atoms with Gasteiger partial charge in [0, 0.05) is 9.50 Å². The molecule has 0 bridgehead atoms. The van der Waals surface area contributed by atoms with Gasteiger partial charge in [0.15, 0.2) is 0 Å². The van der Waals surface area contributed by atoms with Crippen LogP contribution in [0.2, 0.25) is 5.02 Å². The summed E-state index contributed by atoms with van der Waals surface area (Å²) in [5.41, 5.74) is 1.52. The van der Waals surface area contributed by atoms with Crippen molar-refractivity contribution in [1.29, 1.82) is 0 Å². The molecule has 0 radical (unpaired) electrons. The van der Waals surface area contributed by atoms with E-state index in [-0.39, 0.29) is 0 Å². The Kier molecular flexibility index (Phi) is 4.86. The van der Waals surface area contributed by atoms with Crippen LogP contribution in [0.15, 0.2) is 46.9 Å². The van der Waals surface area contributed by atoms with Crippen LogP contribution in [0.1, 0.15) is 24.2 Å². The fraction of sp³-hybridized carbons (Fsp3) is 0.200. The van der Waals surface area contributed by atoms with Crippen LogP contribution in [-0.4, -0.2) is 11.7 Å². The van der Waals surface area contributed by atoms with Gasteiger partial charge in [-0.15, -0.1) is 0 Å². The van der Waals surface area contributed by atoms with Gasteiger partial charge >= 0.3 is 0 Å². The van der Waals surface area contributed by atoms with E-state index in [1.165, 1.54) is 0 Å². The zero-order valence-corrected chi connectivity index (χ0v) is 12.8. The predicted molar refractivity (Wildman–Crippen MR) is 80.8 cm³/mol. The number of halogens is 2. The van der Waals surface area contributed by atoms with Crippen molar-refractivity contribution in [3.05, 3.63) is 63.1 Å². The molecule has 2 aromatic rings. The number of aliphatic hydroxyl groups excluding tert-OH is 1. The Morgan fingerprint density at radius 3 is 2.68 bits per heavy atom. The van der Waals surface area contributed by atoms with Gasteiger partial charge in [-0.1, -0.05) is 39.7 Å². The minimum Gasteiger partial charge on any atom is -0.494 e. The van der Waals surface area contributed by atoms with Gasteiger partial charge in [-0.05, 0) is 48.4 Å². The molecule has 0 fully saturated rings. The smallest absolute Gasteiger partial charge is 0.119 e. The standard InChI is InChI=1S/C15H14BrClO2/c1-2-19-14-5-3-4-10(8-14)15(18)11-6-12(16)9-13(17)7-11/h3-9,15,18H,2H2,1H3. The second-order valence-corrected chi connectivity index (χ2v) is 5.46. The first-order chi connectivity index (χ1) is 9.10. The van der Waals surface area contributed by atoms with E-state index in [4.69, 9.17) is 16.3 Å². The summed E-state index contributed by atoms with van der Waals surface area (Å²) in [6.07, 6.45) is -0.726. The molecule has 100 valence electrons. The summed E-state index contributed by atoms with van der Waals surface area (Å²) >= 11 is 9.37. The maximum Gasteiger partial charge on any atom is 0.119 e. The molecular formula is C15H14BrClO2. The number of hydrogen-bond acceptors (Lipinski definition) is 2. The molecule has 0 aromatic heterocycles. The zero-order valence-electron chi connectivity index (χ0n) is 10.4. The minimum absolute atomic E-state index is 0.587. The molecule has 2 rings (SSSR count). The molecule has 0 spiro atoms. The lowest BCUT2D eigenvalue weighted by molar-refractivity contribution is 0.219. The van der Waals surface area contributed by atoms with E-state index < -0.39 is 6.10 Å². The Morgan fingerprint density at radius 1 is 1.21 bits per heavy atom. The van der Waals surface area contributed by atoms with E-state index in [0.29, 0.717) is 11.6 Å². The second kappa shape index (κ2) is 6.42. The van der Waals surface area contributed by atoms with E-state index >= 15 is 0 Å². The number of aliphatic hydroxyl groups is 1. The number of ether oxygens (including phenoxy) is 1. The van der Waals surface area contributed by atoms with E-state index in [1.807, 2.05) is 37.3 Å². The van der Waals surface area contributed by atoms with Crippen LogP contribution in [-0.2, 0) is 0 Å².